The van der Waals surface area contributed by atoms with Crippen molar-refractivity contribution in [2.45, 2.75) is 6.54 Å². The molecule has 0 radical (unpaired) electrons. The van der Waals surface area contributed by atoms with E-state index in [2.05, 4.69) is 0 Å². The number of benzene rings is 1. The number of hydrogen-bond acceptors (Lipinski definition) is 2. The van der Waals surface area contributed by atoms with Gasteiger partial charge in [0.25, 0.3) is 5.56 Å². The fourth-order valence-corrected chi connectivity index (χ4v) is 1.95. The van der Waals surface area contributed by atoms with Crippen LogP contribution < -0.4 is 10.3 Å². The molecule has 3 nitrogen and oxygen atoms in total. The van der Waals surface area contributed by atoms with Crippen LogP contribution in [0, 0.1) is 0 Å². The lowest BCUT2D eigenvalue weighted by atomic mass is 10.2. The van der Waals surface area contributed by atoms with E-state index in [1.165, 1.54) is 7.11 Å². The number of methoxy groups -OCH3 is 1. The molecule has 0 spiro atoms. The molecule has 1 aromatic heterocycles. The topological polar surface area (TPSA) is 31.2 Å². The van der Waals surface area contributed by atoms with Crippen LogP contribution in [-0.2, 0) is 6.54 Å². The van der Waals surface area contributed by atoms with Crippen molar-refractivity contribution < 1.29 is 4.74 Å². The number of hydrogen-bond donors (Lipinski definition) is 0. The van der Waals surface area contributed by atoms with Crippen LogP contribution in [0.4, 0.5) is 0 Å². The Bertz CT molecular complexity index is 623. The lowest BCUT2D eigenvalue weighted by Gasteiger charge is -2.08. The van der Waals surface area contributed by atoms with Gasteiger partial charge in [-0.25, -0.2) is 0 Å². The van der Waals surface area contributed by atoms with Gasteiger partial charge in [0.2, 0.25) is 0 Å². The molecule has 2 rings (SSSR count). The molecule has 94 valence electrons. The molecule has 0 N–H and O–H groups in total. The number of halogens is 2. The van der Waals surface area contributed by atoms with E-state index in [0.29, 0.717) is 22.3 Å². The molecule has 2 aromatic rings. The number of nitrogens with zero attached hydrogens (tertiary/aromatic N) is 1. The molecular formula is C13H11Cl2NO2. The van der Waals surface area contributed by atoms with Gasteiger partial charge in [-0.1, -0.05) is 29.3 Å². The fraction of sp³-hybridized carbons (Fsp3) is 0.154. The van der Waals surface area contributed by atoms with Gasteiger partial charge in [-0.3, -0.25) is 4.79 Å². The van der Waals surface area contributed by atoms with Gasteiger partial charge in [-0.2, -0.15) is 0 Å². The van der Waals surface area contributed by atoms with Gasteiger partial charge < -0.3 is 9.30 Å². The third-order valence-corrected chi connectivity index (χ3v) is 3.28. The second kappa shape index (κ2) is 5.46. The molecule has 0 saturated heterocycles. The summed E-state index contributed by atoms with van der Waals surface area (Å²) in [6.45, 7) is 0.424. The molecule has 0 atom stereocenters. The first-order chi connectivity index (χ1) is 8.61. The summed E-state index contributed by atoms with van der Waals surface area (Å²) in [7, 11) is 1.47. The SMILES string of the molecule is COc1cccn(Cc2ccc(Cl)c(Cl)c2)c1=O. The van der Waals surface area contributed by atoms with E-state index >= 15 is 0 Å². The zero-order chi connectivity index (χ0) is 13.1. The van der Waals surface area contributed by atoms with Crippen LogP contribution in [0.5, 0.6) is 5.75 Å². The number of rotatable bonds is 3. The first-order valence-corrected chi connectivity index (χ1v) is 6.05. The first kappa shape index (κ1) is 13.0. The lowest BCUT2D eigenvalue weighted by molar-refractivity contribution is 0.403. The van der Waals surface area contributed by atoms with Crippen molar-refractivity contribution in [1.82, 2.24) is 4.57 Å². The van der Waals surface area contributed by atoms with Gasteiger partial charge in [-0.15, -0.1) is 0 Å². The van der Waals surface area contributed by atoms with E-state index in [0.717, 1.165) is 5.56 Å². The molecule has 1 heterocycles. The van der Waals surface area contributed by atoms with Gasteiger partial charge in [-0.05, 0) is 29.8 Å². The highest BCUT2D eigenvalue weighted by Gasteiger charge is 2.05. The summed E-state index contributed by atoms with van der Waals surface area (Å²) in [5.41, 5.74) is 0.728. The van der Waals surface area contributed by atoms with Gasteiger partial charge in [0.05, 0.1) is 23.7 Å². The minimum atomic E-state index is -0.175. The predicted octanol–water partition coefficient (Wildman–Crippen LogP) is 3.21. The lowest BCUT2D eigenvalue weighted by Crippen LogP contribution is -2.20. The molecule has 0 aliphatic carbocycles. The first-order valence-electron chi connectivity index (χ1n) is 5.29. The highest BCUT2D eigenvalue weighted by atomic mass is 35.5. The molecule has 0 amide bonds. The molecule has 18 heavy (non-hydrogen) atoms. The van der Waals surface area contributed by atoms with Crippen LogP contribution in [0.3, 0.4) is 0 Å². The highest BCUT2D eigenvalue weighted by Crippen LogP contribution is 2.22. The van der Waals surface area contributed by atoms with Crippen LogP contribution in [0.2, 0.25) is 10.0 Å². The third-order valence-electron chi connectivity index (χ3n) is 2.54. The monoisotopic (exact) mass is 283 g/mol. The molecule has 0 fully saturated rings. The molecular weight excluding hydrogens is 273 g/mol. The summed E-state index contributed by atoms with van der Waals surface area (Å²) in [6, 6.07) is 8.69. The van der Waals surface area contributed by atoms with Crippen LogP contribution in [-0.4, -0.2) is 11.7 Å². The van der Waals surface area contributed by atoms with E-state index in [-0.39, 0.29) is 5.56 Å². The van der Waals surface area contributed by atoms with Crippen LogP contribution in [0.25, 0.3) is 0 Å². The standard InChI is InChI=1S/C13H11Cl2NO2/c1-18-12-3-2-6-16(13(12)17)8-9-4-5-10(14)11(15)7-9/h2-7H,8H2,1H3. The molecule has 0 bridgehead atoms. The van der Waals surface area contributed by atoms with Crippen molar-refractivity contribution in [2.24, 2.45) is 0 Å². The Labute approximate surface area is 115 Å². The van der Waals surface area contributed by atoms with E-state index in [1.54, 1.807) is 35.0 Å². The Morgan fingerprint density at radius 3 is 2.67 bits per heavy atom. The average molecular weight is 284 g/mol. The second-order valence-corrected chi connectivity index (χ2v) is 4.57. The predicted molar refractivity (Wildman–Crippen MR) is 72.8 cm³/mol. The Balaban J connectivity index is 2.34. The van der Waals surface area contributed by atoms with Gasteiger partial charge in [0.15, 0.2) is 5.75 Å². The van der Waals surface area contributed by atoms with Crippen LogP contribution >= 0.6 is 23.2 Å². The molecule has 0 aliphatic heterocycles. The van der Waals surface area contributed by atoms with Gasteiger partial charge >= 0.3 is 0 Å². The summed E-state index contributed by atoms with van der Waals surface area (Å²) in [5, 5.41) is 0.975. The fourth-order valence-electron chi connectivity index (χ4n) is 1.63. The Hall–Kier alpha value is -1.45. The largest absolute Gasteiger partial charge is 0.491 e. The van der Waals surface area contributed by atoms with Crippen molar-refractivity contribution in [3.63, 3.8) is 0 Å². The smallest absolute Gasteiger partial charge is 0.293 e. The maximum atomic E-state index is 11.9. The summed E-state index contributed by atoms with van der Waals surface area (Å²) < 4.78 is 6.54. The Morgan fingerprint density at radius 1 is 1.22 bits per heavy atom. The van der Waals surface area contributed by atoms with Crippen molar-refractivity contribution in [2.75, 3.05) is 7.11 Å². The summed E-state index contributed by atoms with van der Waals surface area (Å²) in [6.07, 6.45) is 1.70. The molecule has 1 aromatic carbocycles. The normalized spacial score (nSPS) is 10.4. The van der Waals surface area contributed by atoms with Crippen molar-refractivity contribution in [3.8, 4) is 5.75 Å². The van der Waals surface area contributed by atoms with E-state index < -0.39 is 0 Å². The van der Waals surface area contributed by atoms with Gasteiger partial charge in [0.1, 0.15) is 0 Å². The Morgan fingerprint density at radius 2 is 2.00 bits per heavy atom. The number of pyridine rings is 1. The second-order valence-electron chi connectivity index (χ2n) is 3.76. The van der Waals surface area contributed by atoms with E-state index in [1.807, 2.05) is 6.07 Å². The summed E-state index contributed by atoms with van der Waals surface area (Å²) >= 11 is 11.8. The maximum absolute atomic E-state index is 11.9. The van der Waals surface area contributed by atoms with Crippen LogP contribution in [0.1, 0.15) is 5.56 Å². The van der Waals surface area contributed by atoms with Crippen molar-refractivity contribution >= 4 is 23.2 Å². The zero-order valence-electron chi connectivity index (χ0n) is 9.69. The third kappa shape index (κ3) is 2.68. The average Bonchev–Trinajstić information content (AvgIpc) is 2.36. The van der Waals surface area contributed by atoms with E-state index in [9.17, 15) is 4.79 Å². The molecule has 0 aliphatic rings. The molecule has 0 unspecified atom stereocenters. The quantitative estimate of drug-likeness (QED) is 0.866. The van der Waals surface area contributed by atoms with E-state index in [4.69, 9.17) is 27.9 Å². The maximum Gasteiger partial charge on any atom is 0.293 e. The minimum absolute atomic E-state index is 0.175. The minimum Gasteiger partial charge on any atom is -0.491 e. The highest BCUT2D eigenvalue weighted by molar-refractivity contribution is 6.42. The van der Waals surface area contributed by atoms with Crippen LogP contribution in [0.15, 0.2) is 41.3 Å². The summed E-state index contributed by atoms with van der Waals surface area (Å²) in [5.74, 6) is 0.317. The number of aromatic nitrogens is 1. The van der Waals surface area contributed by atoms with Crippen molar-refractivity contribution in [1.29, 1.82) is 0 Å². The molecule has 5 heteroatoms. The summed E-state index contributed by atoms with van der Waals surface area (Å²) in [4.78, 5) is 11.9. The van der Waals surface area contributed by atoms with Gasteiger partial charge in [0, 0.05) is 6.20 Å². The zero-order valence-corrected chi connectivity index (χ0v) is 11.2. The molecule has 0 saturated carbocycles. The van der Waals surface area contributed by atoms with Crippen molar-refractivity contribution in [3.05, 3.63) is 62.5 Å². The Kier molecular flexibility index (Phi) is 3.94. The number of ether oxygens (including phenoxy) is 1.